The molecule has 0 spiro atoms. The van der Waals surface area contributed by atoms with Gasteiger partial charge in [-0.25, -0.2) is 0 Å². The van der Waals surface area contributed by atoms with Gasteiger partial charge in [0, 0.05) is 11.6 Å². The lowest BCUT2D eigenvalue weighted by molar-refractivity contribution is -0.124. The number of hydrogen-bond donors (Lipinski definition) is 2. The predicted molar refractivity (Wildman–Crippen MR) is 79.9 cm³/mol. The SMILES string of the molecule is CCC(C)(C)NC(=O)CN(C)C1CCCCC1CN. The van der Waals surface area contributed by atoms with Gasteiger partial charge >= 0.3 is 0 Å². The molecule has 0 aromatic heterocycles. The Labute approximate surface area is 118 Å². The van der Waals surface area contributed by atoms with Gasteiger partial charge in [-0.1, -0.05) is 19.8 Å². The molecule has 1 aliphatic carbocycles. The first-order valence-electron chi connectivity index (χ1n) is 7.61. The summed E-state index contributed by atoms with van der Waals surface area (Å²) in [5.41, 5.74) is 5.74. The molecule has 0 aromatic rings. The van der Waals surface area contributed by atoms with Gasteiger partial charge in [0.15, 0.2) is 0 Å². The smallest absolute Gasteiger partial charge is 0.234 e. The van der Waals surface area contributed by atoms with E-state index in [0.717, 1.165) is 13.0 Å². The minimum absolute atomic E-state index is 0.113. The summed E-state index contributed by atoms with van der Waals surface area (Å²) in [4.78, 5) is 14.3. The molecule has 0 aromatic carbocycles. The van der Waals surface area contributed by atoms with Crippen LogP contribution in [0.25, 0.3) is 0 Å². The van der Waals surface area contributed by atoms with Crippen LogP contribution >= 0.6 is 0 Å². The van der Waals surface area contributed by atoms with Crippen molar-refractivity contribution in [3.8, 4) is 0 Å². The third-order valence-electron chi connectivity index (χ3n) is 4.49. The van der Waals surface area contributed by atoms with Gasteiger partial charge in [0.2, 0.25) is 5.91 Å². The summed E-state index contributed by atoms with van der Waals surface area (Å²) in [6.07, 6.45) is 5.85. The highest BCUT2D eigenvalue weighted by Crippen LogP contribution is 2.26. The zero-order valence-electron chi connectivity index (χ0n) is 13.0. The van der Waals surface area contributed by atoms with E-state index in [4.69, 9.17) is 5.73 Å². The molecular formula is C15H31N3O. The van der Waals surface area contributed by atoms with Gasteiger partial charge < -0.3 is 11.1 Å². The minimum atomic E-state index is -0.113. The molecule has 2 unspecified atom stereocenters. The van der Waals surface area contributed by atoms with E-state index in [1.54, 1.807) is 0 Å². The van der Waals surface area contributed by atoms with E-state index in [1.807, 2.05) is 0 Å². The van der Waals surface area contributed by atoms with Gasteiger partial charge in [-0.2, -0.15) is 0 Å². The van der Waals surface area contributed by atoms with Gasteiger partial charge in [-0.15, -0.1) is 0 Å². The molecule has 19 heavy (non-hydrogen) atoms. The van der Waals surface area contributed by atoms with Crippen molar-refractivity contribution in [2.45, 2.75) is 64.5 Å². The molecule has 1 saturated carbocycles. The van der Waals surface area contributed by atoms with Crippen LogP contribution in [-0.2, 0) is 4.79 Å². The molecule has 1 rings (SSSR count). The summed E-state index contributed by atoms with van der Waals surface area (Å²) in [5, 5.41) is 3.10. The van der Waals surface area contributed by atoms with Gasteiger partial charge in [0.25, 0.3) is 0 Å². The molecule has 112 valence electrons. The monoisotopic (exact) mass is 269 g/mol. The van der Waals surface area contributed by atoms with Crippen LogP contribution in [0.5, 0.6) is 0 Å². The fourth-order valence-corrected chi connectivity index (χ4v) is 2.89. The van der Waals surface area contributed by atoms with Crippen molar-refractivity contribution in [1.29, 1.82) is 0 Å². The first-order chi connectivity index (χ1) is 8.89. The lowest BCUT2D eigenvalue weighted by Crippen LogP contribution is -2.50. The molecule has 0 heterocycles. The number of nitrogens with one attached hydrogen (secondary N) is 1. The van der Waals surface area contributed by atoms with Crippen LogP contribution < -0.4 is 11.1 Å². The molecular weight excluding hydrogens is 238 g/mol. The molecule has 0 saturated heterocycles. The second-order valence-corrected chi connectivity index (χ2v) is 6.55. The van der Waals surface area contributed by atoms with E-state index < -0.39 is 0 Å². The number of hydrogen-bond acceptors (Lipinski definition) is 3. The lowest BCUT2D eigenvalue weighted by atomic mass is 9.84. The van der Waals surface area contributed by atoms with Gasteiger partial charge in [0.05, 0.1) is 6.54 Å². The molecule has 4 heteroatoms. The summed E-state index contributed by atoms with van der Waals surface area (Å²) in [6, 6.07) is 0.467. The van der Waals surface area contributed by atoms with Crippen molar-refractivity contribution >= 4 is 5.91 Å². The molecule has 2 atom stereocenters. The second-order valence-electron chi connectivity index (χ2n) is 6.55. The predicted octanol–water partition coefficient (Wildman–Crippen LogP) is 1.74. The standard InChI is InChI=1S/C15H31N3O/c1-5-15(2,3)17-14(19)11-18(4)13-9-7-6-8-12(13)10-16/h12-13H,5-11,16H2,1-4H3,(H,17,19). The van der Waals surface area contributed by atoms with Crippen molar-refractivity contribution < 1.29 is 4.79 Å². The van der Waals surface area contributed by atoms with Crippen LogP contribution in [-0.4, -0.2) is 42.5 Å². The van der Waals surface area contributed by atoms with E-state index in [2.05, 4.69) is 38.0 Å². The number of carbonyl (C=O) groups is 1. The Morgan fingerprint density at radius 2 is 2.00 bits per heavy atom. The van der Waals surface area contributed by atoms with Crippen LogP contribution in [0.3, 0.4) is 0 Å². The van der Waals surface area contributed by atoms with E-state index in [-0.39, 0.29) is 11.4 Å². The fourth-order valence-electron chi connectivity index (χ4n) is 2.89. The van der Waals surface area contributed by atoms with Crippen molar-refractivity contribution in [2.75, 3.05) is 20.1 Å². The number of likely N-dealkylation sites (N-methyl/N-ethyl adjacent to an activating group) is 1. The summed E-state index contributed by atoms with van der Waals surface area (Å²) in [5.74, 6) is 0.668. The van der Waals surface area contributed by atoms with Crippen LogP contribution in [0.4, 0.5) is 0 Å². The topological polar surface area (TPSA) is 58.4 Å². The van der Waals surface area contributed by atoms with Gasteiger partial charge in [0.1, 0.15) is 0 Å². The third-order valence-corrected chi connectivity index (χ3v) is 4.49. The molecule has 0 aliphatic heterocycles. The number of nitrogens with two attached hydrogens (primary N) is 1. The number of nitrogens with zero attached hydrogens (tertiary/aromatic N) is 1. The zero-order chi connectivity index (χ0) is 14.5. The maximum atomic E-state index is 12.1. The Morgan fingerprint density at radius 3 is 2.58 bits per heavy atom. The Balaban J connectivity index is 2.48. The first kappa shape index (κ1) is 16.4. The molecule has 4 nitrogen and oxygen atoms in total. The summed E-state index contributed by atoms with van der Waals surface area (Å²) >= 11 is 0. The molecule has 0 radical (unpaired) electrons. The Morgan fingerprint density at radius 1 is 1.37 bits per heavy atom. The Kier molecular flexibility index (Phi) is 6.27. The summed E-state index contributed by atoms with van der Waals surface area (Å²) in [6.45, 7) is 7.43. The first-order valence-corrected chi connectivity index (χ1v) is 7.61. The molecule has 1 fully saturated rings. The summed E-state index contributed by atoms with van der Waals surface area (Å²) < 4.78 is 0. The van der Waals surface area contributed by atoms with Crippen molar-refractivity contribution in [3.63, 3.8) is 0 Å². The van der Waals surface area contributed by atoms with E-state index in [0.29, 0.717) is 18.5 Å². The van der Waals surface area contributed by atoms with E-state index in [1.165, 1.54) is 25.7 Å². The van der Waals surface area contributed by atoms with Crippen LogP contribution in [0, 0.1) is 5.92 Å². The lowest BCUT2D eigenvalue weighted by Gasteiger charge is -2.37. The van der Waals surface area contributed by atoms with Crippen molar-refractivity contribution in [1.82, 2.24) is 10.2 Å². The van der Waals surface area contributed by atoms with Crippen LogP contribution in [0.1, 0.15) is 52.9 Å². The third kappa shape index (κ3) is 5.11. The Hall–Kier alpha value is -0.610. The average Bonchev–Trinajstić information content (AvgIpc) is 2.37. The van der Waals surface area contributed by atoms with Crippen LogP contribution in [0.15, 0.2) is 0 Å². The molecule has 0 bridgehead atoms. The van der Waals surface area contributed by atoms with Gasteiger partial charge in [-0.05, 0) is 52.6 Å². The minimum Gasteiger partial charge on any atom is -0.350 e. The quantitative estimate of drug-likeness (QED) is 0.772. The van der Waals surface area contributed by atoms with Crippen molar-refractivity contribution in [2.24, 2.45) is 11.7 Å². The van der Waals surface area contributed by atoms with Crippen LogP contribution in [0.2, 0.25) is 0 Å². The van der Waals surface area contributed by atoms with Crippen molar-refractivity contribution in [3.05, 3.63) is 0 Å². The van der Waals surface area contributed by atoms with E-state index in [9.17, 15) is 4.79 Å². The highest BCUT2D eigenvalue weighted by Gasteiger charge is 2.28. The largest absolute Gasteiger partial charge is 0.350 e. The second kappa shape index (κ2) is 7.25. The fraction of sp³-hybridized carbons (Fsp3) is 0.933. The maximum Gasteiger partial charge on any atom is 0.234 e. The number of rotatable bonds is 6. The summed E-state index contributed by atoms with van der Waals surface area (Å²) in [7, 11) is 2.05. The Bertz CT molecular complexity index is 291. The number of carbonyl (C=O) groups excluding carboxylic acids is 1. The zero-order valence-corrected chi connectivity index (χ0v) is 13.0. The van der Waals surface area contributed by atoms with E-state index >= 15 is 0 Å². The van der Waals surface area contributed by atoms with Gasteiger partial charge in [-0.3, -0.25) is 9.69 Å². The molecule has 3 N–H and O–H groups in total. The average molecular weight is 269 g/mol. The number of amides is 1. The molecule has 1 aliphatic rings. The normalized spacial score (nSPS) is 24.5. The highest BCUT2D eigenvalue weighted by atomic mass is 16.2. The molecule has 1 amide bonds. The maximum absolute atomic E-state index is 12.1. The highest BCUT2D eigenvalue weighted by molar-refractivity contribution is 5.78.